The van der Waals surface area contributed by atoms with Crippen LogP contribution >= 0.6 is 11.6 Å². The molecular formula is C16H16ClNO. The predicted molar refractivity (Wildman–Crippen MR) is 79.3 cm³/mol. The van der Waals surface area contributed by atoms with Gasteiger partial charge < -0.3 is 10.1 Å². The Hall–Kier alpha value is -1.67. The fourth-order valence-electron chi connectivity index (χ4n) is 2.66. The van der Waals surface area contributed by atoms with Crippen molar-refractivity contribution in [2.45, 2.75) is 19.4 Å². The van der Waals surface area contributed by atoms with Crippen molar-refractivity contribution in [2.24, 2.45) is 0 Å². The lowest BCUT2D eigenvalue weighted by molar-refractivity contribution is 0.407. The summed E-state index contributed by atoms with van der Waals surface area (Å²) in [7, 11) is 1.69. The first-order chi connectivity index (χ1) is 9.17. The van der Waals surface area contributed by atoms with Crippen molar-refractivity contribution in [1.29, 1.82) is 0 Å². The van der Waals surface area contributed by atoms with Crippen molar-refractivity contribution in [3.05, 3.63) is 58.1 Å². The highest BCUT2D eigenvalue weighted by Gasteiger charge is 2.24. The Morgan fingerprint density at radius 2 is 2.05 bits per heavy atom. The van der Waals surface area contributed by atoms with Gasteiger partial charge in [-0.15, -0.1) is 0 Å². The maximum absolute atomic E-state index is 6.11. The number of rotatable bonds is 2. The molecule has 0 saturated heterocycles. The average molecular weight is 274 g/mol. The molecule has 3 heteroatoms. The van der Waals surface area contributed by atoms with Crippen LogP contribution in [0.1, 0.15) is 22.7 Å². The first kappa shape index (κ1) is 12.4. The summed E-state index contributed by atoms with van der Waals surface area (Å²) < 4.78 is 5.44. The number of methoxy groups -OCH3 is 1. The standard InChI is InChI=1S/C16H16ClNO/c1-10-3-5-14-11(7-10)8-15(18-14)13-9-12(17)4-6-16(13)19-2/h3-7,9,15,18H,8H2,1-2H3. The summed E-state index contributed by atoms with van der Waals surface area (Å²) in [6, 6.07) is 12.5. The molecule has 0 bridgehead atoms. The zero-order chi connectivity index (χ0) is 13.4. The second-order valence-corrected chi connectivity index (χ2v) is 5.38. The minimum atomic E-state index is 0.227. The Labute approximate surface area is 118 Å². The van der Waals surface area contributed by atoms with Gasteiger partial charge in [-0.05, 0) is 43.2 Å². The molecule has 0 aliphatic carbocycles. The predicted octanol–water partition coefficient (Wildman–Crippen LogP) is 4.37. The molecule has 0 saturated carbocycles. The summed E-state index contributed by atoms with van der Waals surface area (Å²) in [6.07, 6.45) is 0.966. The first-order valence-electron chi connectivity index (χ1n) is 6.37. The first-order valence-corrected chi connectivity index (χ1v) is 6.74. The highest BCUT2D eigenvalue weighted by atomic mass is 35.5. The molecular weight excluding hydrogens is 258 g/mol. The minimum Gasteiger partial charge on any atom is -0.496 e. The van der Waals surface area contributed by atoms with E-state index in [9.17, 15) is 0 Å². The monoisotopic (exact) mass is 273 g/mol. The number of nitrogens with one attached hydrogen (secondary N) is 1. The van der Waals surface area contributed by atoms with E-state index >= 15 is 0 Å². The molecule has 2 aromatic rings. The van der Waals surface area contributed by atoms with E-state index < -0.39 is 0 Å². The van der Waals surface area contributed by atoms with Crippen LogP contribution in [0.15, 0.2) is 36.4 Å². The van der Waals surface area contributed by atoms with Gasteiger partial charge in [-0.2, -0.15) is 0 Å². The Morgan fingerprint density at radius 1 is 1.21 bits per heavy atom. The molecule has 2 nitrogen and oxygen atoms in total. The van der Waals surface area contributed by atoms with Gasteiger partial charge in [0.1, 0.15) is 5.75 Å². The summed E-state index contributed by atoms with van der Waals surface area (Å²) in [4.78, 5) is 0. The number of anilines is 1. The molecule has 0 spiro atoms. The van der Waals surface area contributed by atoms with Gasteiger partial charge in [-0.3, -0.25) is 0 Å². The number of hydrogen-bond acceptors (Lipinski definition) is 2. The van der Waals surface area contributed by atoms with Gasteiger partial charge in [0, 0.05) is 16.3 Å². The molecule has 19 heavy (non-hydrogen) atoms. The lowest BCUT2D eigenvalue weighted by atomic mass is 10.0. The zero-order valence-corrected chi connectivity index (χ0v) is 11.8. The number of aryl methyl sites for hydroxylation is 1. The second-order valence-electron chi connectivity index (χ2n) is 4.95. The number of ether oxygens (including phenoxy) is 1. The number of halogens is 1. The summed E-state index contributed by atoms with van der Waals surface area (Å²) in [5, 5.41) is 4.28. The third-order valence-corrected chi connectivity index (χ3v) is 3.82. The van der Waals surface area contributed by atoms with E-state index in [0.717, 1.165) is 22.8 Å². The van der Waals surface area contributed by atoms with E-state index in [2.05, 4.69) is 30.4 Å². The van der Waals surface area contributed by atoms with E-state index in [1.165, 1.54) is 16.8 Å². The maximum atomic E-state index is 6.11. The smallest absolute Gasteiger partial charge is 0.124 e. The number of fused-ring (bicyclic) bond motifs is 1. The molecule has 3 rings (SSSR count). The fraction of sp³-hybridized carbons (Fsp3) is 0.250. The molecule has 1 aliphatic rings. The Bertz CT molecular complexity index is 624. The highest BCUT2D eigenvalue weighted by molar-refractivity contribution is 6.30. The zero-order valence-electron chi connectivity index (χ0n) is 11.0. The van der Waals surface area contributed by atoms with Gasteiger partial charge in [0.25, 0.3) is 0 Å². The van der Waals surface area contributed by atoms with E-state index in [4.69, 9.17) is 16.3 Å². The van der Waals surface area contributed by atoms with Crippen molar-refractivity contribution >= 4 is 17.3 Å². The van der Waals surface area contributed by atoms with Crippen molar-refractivity contribution in [3.8, 4) is 5.75 Å². The molecule has 0 fully saturated rings. The van der Waals surface area contributed by atoms with Crippen molar-refractivity contribution < 1.29 is 4.74 Å². The topological polar surface area (TPSA) is 21.3 Å². The van der Waals surface area contributed by atoms with E-state index in [0.29, 0.717) is 0 Å². The summed E-state index contributed by atoms with van der Waals surface area (Å²) in [5.41, 5.74) is 4.97. The number of benzene rings is 2. The van der Waals surface area contributed by atoms with Crippen LogP contribution in [0.5, 0.6) is 5.75 Å². The van der Waals surface area contributed by atoms with Crippen molar-refractivity contribution in [3.63, 3.8) is 0 Å². The third kappa shape index (κ3) is 2.28. The lowest BCUT2D eigenvalue weighted by Gasteiger charge is -2.16. The minimum absolute atomic E-state index is 0.227. The summed E-state index contributed by atoms with van der Waals surface area (Å²) in [5.74, 6) is 0.881. The van der Waals surface area contributed by atoms with Crippen molar-refractivity contribution in [2.75, 3.05) is 12.4 Å². The summed E-state index contributed by atoms with van der Waals surface area (Å²) in [6.45, 7) is 2.12. The van der Waals surface area contributed by atoms with E-state index in [1.54, 1.807) is 7.11 Å². The Kier molecular flexibility index (Phi) is 3.11. The van der Waals surface area contributed by atoms with Gasteiger partial charge in [0.15, 0.2) is 0 Å². The molecule has 1 unspecified atom stereocenters. The third-order valence-electron chi connectivity index (χ3n) is 3.58. The van der Waals surface area contributed by atoms with Crippen LogP contribution in [-0.4, -0.2) is 7.11 Å². The second kappa shape index (κ2) is 4.78. The summed E-state index contributed by atoms with van der Waals surface area (Å²) >= 11 is 6.11. The van der Waals surface area contributed by atoms with Gasteiger partial charge >= 0.3 is 0 Å². The SMILES string of the molecule is COc1ccc(Cl)cc1C1Cc2cc(C)ccc2N1. The molecule has 1 N–H and O–H groups in total. The molecule has 0 aromatic heterocycles. The van der Waals surface area contributed by atoms with Crippen LogP contribution < -0.4 is 10.1 Å². The van der Waals surface area contributed by atoms with Gasteiger partial charge in [0.2, 0.25) is 0 Å². The molecule has 0 radical (unpaired) electrons. The van der Waals surface area contributed by atoms with Gasteiger partial charge in [-0.25, -0.2) is 0 Å². The largest absolute Gasteiger partial charge is 0.496 e. The van der Waals surface area contributed by atoms with Gasteiger partial charge in [0.05, 0.1) is 13.2 Å². The van der Waals surface area contributed by atoms with Crippen molar-refractivity contribution in [1.82, 2.24) is 0 Å². The molecule has 1 aliphatic heterocycles. The lowest BCUT2D eigenvalue weighted by Crippen LogP contribution is -2.07. The van der Waals surface area contributed by atoms with Crippen LogP contribution in [0.2, 0.25) is 5.02 Å². The molecule has 2 aromatic carbocycles. The highest BCUT2D eigenvalue weighted by Crippen LogP contribution is 2.38. The van der Waals surface area contributed by atoms with E-state index in [-0.39, 0.29) is 6.04 Å². The fourth-order valence-corrected chi connectivity index (χ4v) is 2.84. The van der Waals surface area contributed by atoms with Crippen LogP contribution in [0.25, 0.3) is 0 Å². The van der Waals surface area contributed by atoms with Gasteiger partial charge in [-0.1, -0.05) is 29.3 Å². The number of hydrogen-bond donors (Lipinski definition) is 1. The van der Waals surface area contributed by atoms with Crippen LogP contribution in [-0.2, 0) is 6.42 Å². The van der Waals surface area contributed by atoms with Crippen LogP contribution in [0, 0.1) is 6.92 Å². The normalized spacial score (nSPS) is 16.9. The molecule has 98 valence electrons. The van der Waals surface area contributed by atoms with Crippen LogP contribution in [0.4, 0.5) is 5.69 Å². The Morgan fingerprint density at radius 3 is 2.84 bits per heavy atom. The van der Waals surface area contributed by atoms with Crippen LogP contribution in [0.3, 0.4) is 0 Å². The molecule has 1 atom stereocenters. The average Bonchev–Trinajstić information content (AvgIpc) is 2.81. The Balaban J connectivity index is 1.96. The molecule has 1 heterocycles. The quantitative estimate of drug-likeness (QED) is 0.877. The molecule has 0 amide bonds. The van der Waals surface area contributed by atoms with E-state index in [1.807, 2.05) is 18.2 Å². The maximum Gasteiger partial charge on any atom is 0.124 e.